The molecule has 0 radical (unpaired) electrons. The first-order chi connectivity index (χ1) is 4.34. The quantitative estimate of drug-likeness (QED) is 0.346. The number of carbonyl (C=O) groups excluding carboxylic acids is 1. The van der Waals surface area contributed by atoms with E-state index in [9.17, 15) is 4.79 Å². The highest BCUT2D eigenvalue weighted by Crippen LogP contribution is 2.11. The molecule has 1 nitrogen and oxygen atoms in total. The second-order valence-corrected chi connectivity index (χ2v) is 2.08. The molecule has 0 saturated carbocycles. The number of rotatable bonds is 0. The first kappa shape index (κ1) is 6.10. The van der Waals surface area contributed by atoms with E-state index in [1.54, 1.807) is 6.08 Å². The zero-order valence-electron chi connectivity index (χ0n) is 5.13. The molecule has 0 bridgehead atoms. The van der Waals surface area contributed by atoms with Crippen molar-refractivity contribution in [2.45, 2.75) is 12.8 Å². The zero-order valence-corrected chi connectivity index (χ0v) is 5.13. The lowest BCUT2D eigenvalue weighted by atomic mass is 9.95. The van der Waals surface area contributed by atoms with Crippen molar-refractivity contribution in [1.29, 1.82) is 0 Å². The van der Waals surface area contributed by atoms with Crippen molar-refractivity contribution in [1.82, 2.24) is 0 Å². The Kier molecular flexibility index (Phi) is 1.69. The SMILES string of the molecule is C#CC1C=CCCC1=O. The molecule has 0 aliphatic heterocycles. The van der Waals surface area contributed by atoms with Gasteiger partial charge in [-0.3, -0.25) is 4.79 Å². The normalized spacial score (nSPS) is 25.7. The Labute approximate surface area is 54.8 Å². The molecular weight excluding hydrogens is 112 g/mol. The van der Waals surface area contributed by atoms with E-state index in [0.717, 1.165) is 6.42 Å². The van der Waals surface area contributed by atoms with Gasteiger partial charge in [0.1, 0.15) is 0 Å². The van der Waals surface area contributed by atoms with Crippen LogP contribution in [-0.2, 0) is 4.79 Å². The molecule has 1 heteroatoms. The van der Waals surface area contributed by atoms with E-state index >= 15 is 0 Å². The minimum absolute atomic E-state index is 0.181. The maximum absolute atomic E-state index is 10.8. The number of carbonyl (C=O) groups is 1. The van der Waals surface area contributed by atoms with Crippen molar-refractivity contribution in [2.75, 3.05) is 0 Å². The van der Waals surface area contributed by atoms with Crippen molar-refractivity contribution >= 4 is 5.78 Å². The van der Waals surface area contributed by atoms with Gasteiger partial charge in [-0.2, -0.15) is 0 Å². The molecular formula is C8H8O. The summed E-state index contributed by atoms with van der Waals surface area (Å²) in [4.78, 5) is 10.8. The average molecular weight is 120 g/mol. The molecule has 0 aromatic rings. The second kappa shape index (κ2) is 2.50. The van der Waals surface area contributed by atoms with Crippen LogP contribution in [0.2, 0.25) is 0 Å². The van der Waals surface area contributed by atoms with Crippen LogP contribution in [0.15, 0.2) is 12.2 Å². The molecule has 0 aromatic carbocycles. The van der Waals surface area contributed by atoms with E-state index in [-0.39, 0.29) is 11.7 Å². The summed E-state index contributed by atoms with van der Waals surface area (Å²) >= 11 is 0. The van der Waals surface area contributed by atoms with Crippen LogP contribution in [0.4, 0.5) is 0 Å². The molecule has 0 aromatic heterocycles. The topological polar surface area (TPSA) is 17.1 Å². The van der Waals surface area contributed by atoms with Crippen LogP contribution in [0, 0.1) is 18.3 Å². The summed E-state index contributed by atoms with van der Waals surface area (Å²) in [5.74, 6) is 2.36. The fourth-order valence-electron chi connectivity index (χ4n) is 0.869. The van der Waals surface area contributed by atoms with Gasteiger partial charge in [0.25, 0.3) is 0 Å². The summed E-state index contributed by atoms with van der Waals surface area (Å²) in [6, 6.07) is 0. The van der Waals surface area contributed by atoms with Crippen LogP contribution in [0.5, 0.6) is 0 Å². The highest BCUT2D eigenvalue weighted by Gasteiger charge is 2.13. The summed E-state index contributed by atoms with van der Waals surface area (Å²) in [5.41, 5.74) is 0. The molecule has 0 spiro atoms. The first-order valence-corrected chi connectivity index (χ1v) is 3.00. The molecule has 1 rings (SSSR count). The standard InChI is InChI=1S/C8H8O/c1-2-7-5-3-4-6-8(7)9/h1,3,5,7H,4,6H2. The summed E-state index contributed by atoms with van der Waals surface area (Å²) in [6.07, 6.45) is 10.3. The number of hydrogen-bond acceptors (Lipinski definition) is 1. The lowest BCUT2D eigenvalue weighted by molar-refractivity contribution is -0.120. The van der Waals surface area contributed by atoms with Gasteiger partial charge >= 0.3 is 0 Å². The van der Waals surface area contributed by atoms with Gasteiger partial charge in [0.2, 0.25) is 0 Å². The van der Waals surface area contributed by atoms with Gasteiger partial charge in [-0.1, -0.05) is 18.1 Å². The third kappa shape index (κ3) is 1.20. The summed E-state index contributed by atoms with van der Waals surface area (Å²) in [5, 5.41) is 0. The minimum atomic E-state index is -0.237. The predicted molar refractivity (Wildman–Crippen MR) is 35.7 cm³/mol. The lowest BCUT2D eigenvalue weighted by Crippen LogP contribution is -2.12. The van der Waals surface area contributed by atoms with E-state index < -0.39 is 0 Å². The Balaban J connectivity index is 2.71. The summed E-state index contributed by atoms with van der Waals surface area (Å²) < 4.78 is 0. The molecule has 0 saturated heterocycles. The van der Waals surface area contributed by atoms with Gasteiger partial charge in [0.15, 0.2) is 5.78 Å². The third-order valence-corrected chi connectivity index (χ3v) is 1.41. The van der Waals surface area contributed by atoms with Crippen LogP contribution < -0.4 is 0 Å². The van der Waals surface area contributed by atoms with Gasteiger partial charge in [-0.05, 0) is 6.42 Å². The van der Waals surface area contributed by atoms with Crippen LogP contribution >= 0.6 is 0 Å². The Bertz CT molecular complexity index is 183. The first-order valence-electron chi connectivity index (χ1n) is 3.00. The fourth-order valence-corrected chi connectivity index (χ4v) is 0.869. The number of hydrogen-bond donors (Lipinski definition) is 0. The van der Waals surface area contributed by atoms with Gasteiger partial charge in [-0.15, -0.1) is 6.42 Å². The number of ketones is 1. The van der Waals surface area contributed by atoms with Gasteiger partial charge in [0, 0.05) is 6.42 Å². The molecule has 0 amide bonds. The lowest BCUT2D eigenvalue weighted by Gasteiger charge is -2.07. The Morgan fingerprint density at radius 3 is 3.00 bits per heavy atom. The van der Waals surface area contributed by atoms with Crippen LogP contribution in [0.25, 0.3) is 0 Å². The monoisotopic (exact) mass is 120 g/mol. The van der Waals surface area contributed by atoms with E-state index in [1.807, 2.05) is 6.08 Å². The zero-order chi connectivity index (χ0) is 6.69. The van der Waals surface area contributed by atoms with Crippen molar-refractivity contribution in [2.24, 2.45) is 5.92 Å². The van der Waals surface area contributed by atoms with Crippen molar-refractivity contribution in [3.05, 3.63) is 12.2 Å². The highest BCUT2D eigenvalue weighted by atomic mass is 16.1. The third-order valence-electron chi connectivity index (χ3n) is 1.41. The maximum atomic E-state index is 10.8. The fraction of sp³-hybridized carbons (Fsp3) is 0.375. The van der Waals surface area contributed by atoms with Gasteiger partial charge in [0.05, 0.1) is 5.92 Å². The summed E-state index contributed by atoms with van der Waals surface area (Å²) in [7, 11) is 0. The Morgan fingerprint density at radius 1 is 1.78 bits per heavy atom. The number of Topliss-reactive ketones (excluding diaryl/α,β-unsaturated/α-hetero) is 1. The number of allylic oxidation sites excluding steroid dienone is 2. The molecule has 0 heterocycles. The molecule has 0 N–H and O–H groups in total. The number of terminal acetylenes is 1. The van der Waals surface area contributed by atoms with Crippen molar-refractivity contribution < 1.29 is 4.79 Å². The van der Waals surface area contributed by atoms with Crippen LogP contribution in [0.1, 0.15) is 12.8 Å². The maximum Gasteiger partial charge on any atom is 0.151 e. The summed E-state index contributed by atoms with van der Waals surface area (Å²) in [6.45, 7) is 0. The highest BCUT2D eigenvalue weighted by molar-refractivity contribution is 5.86. The average Bonchev–Trinajstić information content (AvgIpc) is 1.89. The Morgan fingerprint density at radius 2 is 2.56 bits per heavy atom. The second-order valence-electron chi connectivity index (χ2n) is 2.08. The smallest absolute Gasteiger partial charge is 0.151 e. The molecule has 1 aliphatic rings. The van der Waals surface area contributed by atoms with E-state index in [0.29, 0.717) is 6.42 Å². The van der Waals surface area contributed by atoms with E-state index in [1.165, 1.54) is 0 Å². The van der Waals surface area contributed by atoms with E-state index in [4.69, 9.17) is 6.42 Å². The van der Waals surface area contributed by atoms with Crippen molar-refractivity contribution in [3.8, 4) is 12.3 Å². The molecule has 1 atom stereocenters. The molecule has 1 unspecified atom stereocenters. The molecule has 1 aliphatic carbocycles. The molecule has 9 heavy (non-hydrogen) atoms. The molecule has 46 valence electrons. The Hall–Kier alpha value is -1.03. The molecule has 0 fully saturated rings. The minimum Gasteiger partial charge on any atom is -0.298 e. The van der Waals surface area contributed by atoms with Crippen molar-refractivity contribution in [3.63, 3.8) is 0 Å². The van der Waals surface area contributed by atoms with Crippen LogP contribution in [0.3, 0.4) is 0 Å². The van der Waals surface area contributed by atoms with Gasteiger partial charge < -0.3 is 0 Å². The van der Waals surface area contributed by atoms with Gasteiger partial charge in [-0.25, -0.2) is 0 Å². The largest absolute Gasteiger partial charge is 0.298 e. The predicted octanol–water partition coefficient (Wildman–Crippen LogP) is 1.15. The van der Waals surface area contributed by atoms with Crippen LogP contribution in [-0.4, -0.2) is 5.78 Å². The van der Waals surface area contributed by atoms with E-state index in [2.05, 4.69) is 5.92 Å².